The number of rotatable bonds is 5. The van der Waals surface area contributed by atoms with E-state index < -0.39 is 17.9 Å². The number of carboxylic acids is 1. The van der Waals surface area contributed by atoms with Crippen molar-refractivity contribution in [2.75, 3.05) is 0 Å². The van der Waals surface area contributed by atoms with Gasteiger partial charge < -0.3 is 10.4 Å². The Morgan fingerprint density at radius 1 is 1.53 bits per heavy atom. The maximum absolute atomic E-state index is 11.7. The molecule has 1 atom stereocenters. The Kier molecular flexibility index (Phi) is 4.90. The second-order valence-electron chi connectivity index (χ2n) is 3.50. The van der Waals surface area contributed by atoms with Crippen LogP contribution in [0.4, 0.5) is 0 Å². The van der Waals surface area contributed by atoms with Crippen LogP contribution in [0.5, 0.6) is 0 Å². The van der Waals surface area contributed by atoms with E-state index in [4.69, 9.17) is 16.7 Å². The highest BCUT2D eigenvalue weighted by atomic mass is 35.5. The van der Waals surface area contributed by atoms with E-state index in [0.717, 1.165) is 0 Å². The van der Waals surface area contributed by atoms with Gasteiger partial charge in [0.15, 0.2) is 0 Å². The molecule has 17 heavy (non-hydrogen) atoms. The molecule has 0 fully saturated rings. The summed E-state index contributed by atoms with van der Waals surface area (Å²) in [6.07, 6.45) is 1.04. The molecule has 1 aromatic rings. The zero-order chi connectivity index (χ0) is 12.8. The van der Waals surface area contributed by atoms with Gasteiger partial charge in [-0.15, -0.1) is 0 Å². The SMILES string of the molecule is CCCC(NC(=O)c1cccc(Cl)n1)C(=O)O. The Balaban J connectivity index is 2.73. The third kappa shape index (κ3) is 4.03. The monoisotopic (exact) mass is 256 g/mol. The van der Waals surface area contributed by atoms with Gasteiger partial charge in [-0.2, -0.15) is 0 Å². The number of carbonyl (C=O) groups is 2. The number of aliphatic carboxylic acids is 1. The number of carbonyl (C=O) groups excluding carboxylic acids is 1. The number of halogens is 1. The van der Waals surface area contributed by atoms with E-state index in [2.05, 4.69) is 10.3 Å². The Hall–Kier alpha value is -1.62. The zero-order valence-corrected chi connectivity index (χ0v) is 10.1. The van der Waals surface area contributed by atoms with Crippen molar-refractivity contribution in [2.24, 2.45) is 0 Å². The van der Waals surface area contributed by atoms with Gasteiger partial charge in [-0.1, -0.05) is 31.0 Å². The molecule has 0 aliphatic carbocycles. The molecule has 1 unspecified atom stereocenters. The highest BCUT2D eigenvalue weighted by Crippen LogP contribution is 2.06. The van der Waals surface area contributed by atoms with Crippen LogP contribution in [-0.4, -0.2) is 28.0 Å². The Morgan fingerprint density at radius 2 is 2.24 bits per heavy atom. The van der Waals surface area contributed by atoms with Gasteiger partial charge >= 0.3 is 5.97 Å². The van der Waals surface area contributed by atoms with Crippen molar-refractivity contribution in [1.82, 2.24) is 10.3 Å². The summed E-state index contributed by atoms with van der Waals surface area (Å²) in [7, 11) is 0. The first-order valence-electron chi connectivity index (χ1n) is 5.20. The van der Waals surface area contributed by atoms with Crippen LogP contribution in [0.1, 0.15) is 30.3 Å². The van der Waals surface area contributed by atoms with Gasteiger partial charge in [0, 0.05) is 0 Å². The van der Waals surface area contributed by atoms with Crippen LogP contribution in [0.25, 0.3) is 0 Å². The highest BCUT2D eigenvalue weighted by Gasteiger charge is 2.20. The number of hydrogen-bond donors (Lipinski definition) is 2. The van der Waals surface area contributed by atoms with Crippen LogP contribution in [-0.2, 0) is 4.79 Å². The van der Waals surface area contributed by atoms with Crippen LogP contribution >= 0.6 is 11.6 Å². The molecule has 0 radical (unpaired) electrons. The first-order chi connectivity index (χ1) is 8.04. The minimum Gasteiger partial charge on any atom is -0.480 e. The quantitative estimate of drug-likeness (QED) is 0.786. The molecule has 6 heteroatoms. The van der Waals surface area contributed by atoms with Crippen LogP contribution < -0.4 is 5.32 Å². The Bertz CT molecular complexity index is 423. The predicted molar refractivity (Wildman–Crippen MR) is 63.0 cm³/mol. The number of hydrogen-bond acceptors (Lipinski definition) is 3. The van der Waals surface area contributed by atoms with E-state index >= 15 is 0 Å². The molecule has 5 nitrogen and oxygen atoms in total. The Morgan fingerprint density at radius 3 is 2.76 bits per heavy atom. The lowest BCUT2D eigenvalue weighted by molar-refractivity contribution is -0.139. The molecular formula is C11H13ClN2O3. The van der Waals surface area contributed by atoms with Gasteiger partial charge in [0.1, 0.15) is 16.9 Å². The predicted octanol–water partition coefficient (Wildman–Crippen LogP) is 1.72. The molecule has 1 aromatic heterocycles. The van der Waals surface area contributed by atoms with Crippen LogP contribution in [0.2, 0.25) is 5.15 Å². The fourth-order valence-corrected chi connectivity index (χ4v) is 1.48. The van der Waals surface area contributed by atoms with Gasteiger partial charge in [-0.3, -0.25) is 4.79 Å². The zero-order valence-electron chi connectivity index (χ0n) is 9.31. The number of aromatic nitrogens is 1. The van der Waals surface area contributed by atoms with Gasteiger partial charge in [0.2, 0.25) is 0 Å². The first kappa shape index (κ1) is 13.4. The average molecular weight is 257 g/mol. The van der Waals surface area contributed by atoms with E-state index in [0.29, 0.717) is 12.8 Å². The fraction of sp³-hybridized carbons (Fsp3) is 0.364. The third-order valence-electron chi connectivity index (χ3n) is 2.13. The average Bonchev–Trinajstić information content (AvgIpc) is 2.28. The van der Waals surface area contributed by atoms with Crippen LogP contribution in [0.15, 0.2) is 18.2 Å². The molecule has 92 valence electrons. The number of carboxylic acid groups (broad SMARTS) is 1. The topological polar surface area (TPSA) is 79.3 Å². The molecule has 0 saturated heterocycles. The van der Waals surface area contributed by atoms with Gasteiger partial charge in [0.05, 0.1) is 0 Å². The summed E-state index contributed by atoms with van der Waals surface area (Å²) in [4.78, 5) is 26.4. The smallest absolute Gasteiger partial charge is 0.326 e. The van der Waals surface area contributed by atoms with Crippen molar-refractivity contribution in [3.05, 3.63) is 29.0 Å². The third-order valence-corrected chi connectivity index (χ3v) is 2.34. The van der Waals surface area contributed by atoms with Crippen molar-refractivity contribution in [3.63, 3.8) is 0 Å². The maximum atomic E-state index is 11.7. The molecule has 0 bridgehead atoms. The van der Waals surface area contributed by atoms with Crippen LogP contribution in [0, 0.1) is 0 Å². The second-order valence-corrected chi connectivity index (χ2v) is 3.89. The molecule has 0 aliphatic rings. The van der Waals surface area contributed by atoms with E-state index in [1.54, 1.807) is 12.1 Å². The summed E-state index contributed by atoms with van der Waals surface area (Å²) in [5.41, 5.74) is 0.111. The van der Waals surface area contributed by atoms with Gasteiger partial charge in [-0.05, 0) is 18.6 Å². The summed E-state index contributed by atoms with van der Waals surface area (Å²) in [6, 6.07) is 3.71. The Labute approximate surface area is 104 Å². The van der Waals surface area contributed by atoms with Gasteiger partial charge in [-0.25, -0.2) is 9.78 Å². The van der Waals surface area contributed by atoms with Crippen molar-refractivity contribution in [2.45, 2.75) is 25.8 Å². The van der Waals surface area contributed by atoms with Gasteiger partial charge in [0.25, 0.3) is 5.91 Å². The summed E-state index contributed by atoms with van der Waals surface area (Å²) >= 11 is 5.64. The molecule has 2 N–H and O–H groups in total. The molecular weight excluding hydrogens is 244 g/mol. The first-order valence-corrected chi connectivity index (χ1v) is 5.58. The normalized spacial score (nSPS) is 11.9. The minimum atomic E-state index is -1.05. The fourth-order valence-electron chi connectivity index (χ4n) is 1.31. The highest BCUT2D eigenvalue weighted by molar-refractivity contribution is 6.29. The van der Waals surface area contributed by atoms with E-state index in [1.807, 2.05) is 6.92 Å². The molecule has 0 spiro atoms. The summed E-state index contributed by atoms with van der Waals surface area (Å²) in [6.45, 7) is 1.85. The van der Waals surface area contributed by atoms with Crippen molar-refractivity contribution in [1.29, 1.82) is 0 Å². The van der Waals surface area contributed by atoms with E-state index in [-0.39, 0.29) is 10.8 Å². The molecule has 1 amide bonds. The van der Waals surface area contributed by atoms with Crippen molar-refractivity contribution < 1.29 is 14.7 Å². The summed E-state index contributed by atoms with van der Waals surface area (Å²) < 4.78 is 0. The number of nitrogens with zero attached hydrogens (tertiary/aromatic N) is 1. The molecule has 1 heterocycles. The van der Waals surface area contributed by atoms with E-state index in [1.165, 1.54) is 6.07 Å². The second kappa shape index (κ2) is 6.20. The molecule has 0 aliphatic heterocycles. The number of nitrogens with one attached hydrogen (secondary N) is 1. The molecule has 1 rings (SSSR count). The lowest BCUT2D eigenvalue weighted by atomic mass is 10.1. The molecule has 0 aromatic carbocycles. The molecule has 0 saturated carbocycles. The lowest BCUT2D eigenvalue weighted by Crippen LogP contribution is -2.40. The summed E-state index contributed by atoms with van der Waals surface area (Å²) in [5, 5.41) is 11.5. The number of amides is 1. The number of pyridine rings is 1. The van der Waals surface area contributed by atoms with E-state index in [9.17, 15) is 9.59 Å². The summed E-state index contributed by atoms with van der Waals surface area (Å²) in [5.74, 6) is -1.59. The van der Waals surface area contributed by atoms with Crippen LogP contribution in [0.3, 0.4) is 0 Å². The minimum absolute atomic E-state index is 0.111. The maximum Gasteiger partial charge on any atom is 0.326 e. The standard InChI is InChI=1S/C11H13ClN2O3/c1-2-4-8(11(16)17)14-10(15)7-5-3-6-9(12)13-7/h3,5-6,8H,2,4H2,1H3,(H,14,15)(H,16,17). The van der Waals surface area contributed by atoms with Crippen molar-refractivity contribution >= 4 is 23.5 Å². The largest absolute Gasteiger partial charge is 0.480 e. The lowest BCUT2D eigenvalue weighted by Gasteiger charge is -2.12. The van der Waals surface area contributed by atoms with Crippen molar-refractivity contribution in [3.8, 4) is 0 Å².